The van der Waals surface area contributed by atoms with Gasteiger partial charge in [0.2, 0.25) is 15.9 Å². The number of carbonyl (C=O) groups is 1. The van der Waals surface area contributed by atoms with Crippen molar-refractivity contribution in [3.63, 3.8) is 0 Å². The average Bonchev–Trinajstić information content (AvgIpc) is 1.61. The first kappa shape index (κ1) is 68.4. The van der Waals surface area contributed by atoms with Gasteiger partial charge in [-0.2, -0.15) is 30.6 Å². The van der Waals surface area contributed by atoms with Crippen molar-refractivity contribution < 1.29 is 13.2 Å². The van der Waals surface area contributed by atoms with E-state index in [1.54, 1.807) is 41.2 Å². The zero-order valence-corrected chi connectivity index (χ0v) is 58.7. The maximum Gasteiger partial charge on any atom is 0.216 e. The van der Waals surface area contributed by atoms with Crippen molar-refractivity contribution >= 4 is 33.4 Å². The van der Waals surface area contributed by atoms with Crippen molar-refractivity contribution in [2.45, 2.75) is 82.5 Å². The van der Waals surface area contributed by atoms with E-state index in [1.807, 2.05) is 172 Å². The lowest BCUT2D eigenvalue weighted by molar-refractivity contribution is -0.119. The molecular formula is C73H84N24O3S. The van der Waals surface area contributed by atoms with E-state index in [0.29, 0.717) is 47.9 Å². The summed E-state index contributed by atoms with van der Waals surface area (Å²) in [4.78, 5) is 40.1. The lowest BCUT2D eigenvalue weighted by Crippen LogP contribution is -2.44. The van der Waals surface area contributed by atoms with Gasteiger partial charge in [0.1, 0.15) is 17.5 Å². The topological polar surface area (TPSA) is 322 Å². The summed E-state index contributed by atoms with van der Waals surface area (Å²) in [5.41, 5.74) is 20.8. The Morgan fingerprint density at radius 1 is 0.426 bits per heavy atom. The molecule has 0 aliphatic heterocycles. The number of nitrogens with two attached hydrogens (primary N) is 1. The zero-order valence-electron chi connectivity index (χ0n) is 57.9. The van der Waals surface area contributed by atoms with Crippen LogP contribution in [0.2, 0.25) is 0 Å². The number of amides is 1. The van der Waals surface area contributed by atoms with Gasteiger partial charge in [-0.05, 0) is 98.1 Å². The molecule has 101 heavy (non-hydrogen) atoms. The average molecular weight is 1380 g/mol. The molecule has 7 N–H and O–H groups in total. The van der Waals surface area contributed by atoms with Gasteiger partial charge < -0.3 is 27.0 Å². The summed E-state index contributed by atoms with van der Waals surface area (Å²) in [6.45, 7) is 2.79. The SMILES string of the molecule is CC(=O)NCC1CCC(Nc2nc(-c3cccc(-c4cnn(C)c4)c3)ncc2-c2cnn(C)c2)CC1.Cn1cc(-c2cccc(-c3ncc(-c4cnn(C)c4)c(NC4CC(CNS(C)(=O)=O)C4)n3)c2)cn1.Cn1cc(-c2cccc(-c3ncc(-c4cnn(C)c4)c(NC4CC(N)C4)n3)c2)cn1. The van der Waals surface area contributed by atoms with Gasteiger partial charge in [-0.15, -0.1) is 0 Å². The summed E-state index contributed by atoms with van der Waals surface area (Å²) in [5.74, 6) is 5.24. The second-order valence-electron chi connectivity index (χ2n) is 26.7. The third-order valence-corrected chi connectivity index (χ3v) is 19.1. The molecule has 3 aliphatic rings. The molecule has 12 aromatic rings. The van der Waals surface area contributed by atoms with E-state index >= 15 is 0 Å². The number of hydrogen-bond donors (Lipinski definition) is 6. The van der Waals surface area contributed by atoms with Gasteiger partial charge in [0.25, 0.3) is 0 Å². The van der Waals surface area contributed by atoms with Crippen LogP contribution < -0.4 is 31.7 Å². The number of nitrogens with one attached hydrogen (secondary N) is 5. The monoisotopic (exact) mass is 1380 g/mol. The van der Waals surface area contributed by atoms with Crippen LogP contribution in [-0.2, 0) is 57.1 Å². The predicted molar refractivity (Wildman–Crippen MR) is 391 cm³/mol. The molecule has 0 spiro atoms. The first-order chi connectivity index (χ1) is 48.7. The van der Waals surface area contributed by atoms with E-state index in [1.165, 1.54) is 6.26 Å². The van der Waals surface area contributed by atoms with Crippen molar-refractivity contribution in [3.8, 4) is 101 Å². The quantitative estimate of drug-likeness (QED) is 0.0413. The molecule has 3 fully saturated rings. The highest BCUT2D eigenvalue weighted by molar-refractivity contribution is 7.88. The molecule has 3 aliphatic carbocycles. The highest BCUT2D eigenvalue weighted by Gasteiger charge is 2.32. The third-order valence-electron chi connectivity index (χ3n) is 18.4. The molecule has 0 saturated heterocycles. The highest BCUT2D eigenvalue weighted by atomic mass is 32.2. The second kappa shape index (κ2) is 30.2. The van der Waals surface area contributed by atoms with Gasteiger partial charge in [0.15, 0.2) is 17.5 Å². The molecule has 3 saturated carbocycles. The van der Waals surface area contributed by atoms with Gasteiger partial charge in [0, 0.05) is 209 Å². The molecule has 0 atom stereocenters. The summed E-state index contributed by atoms with van der Waals surface area (Å²) in [5, 5.41) is 39.6. The molecule has 1 amide bonds. The molecule has 0 unspecified atom stereocenters. The minimum absolute atomic E-state index is 0.0393. The van der Waals surface area contributed by atoms with E-state index in [2.05, 4.69) is 96.9 Å². The molecule has 520 valence electrons. The molecule has 9 aromatic heterocycles. The van der Waals surface area contributed by atoms with Crippen LogP contribution in [0.4, 0.5) is 17.5 Å². The van der Waals surface area contributed by atoms with E-state index in [-0.39, 0.29) is 18.0 Å². The standard InChI is InChI=1S/C27H32N8O.C24H28N8O2S.C22H24N8/c1-18(36)28-12-19-7-9-24(10-8-19)32-27-25(23-14-31-35(3)17-23)15-29-26(33-27)21-6-4-5-20(11-21)22-13-30-34(2)16-22;1-31-14-19(11-26-31)17-5-4-6-18(9-17)23-25-13-22(20-12-27-32(2)15-20)24(30-23)29-21-7-16(8-21)10-28-35(3,33)34;1-29-12-16(9-25-29)14-4-3-5-15(6-14)21-24-11-20(17-10-26-30(2)13-17)22(28-21)27-19-7-18(23)8-19/h4-6,11,13-17,19,24H,7-10,12H2,1-3H3,(H,28,36)(H,29,32,33);4-6,9,11-16,21,28H,7-8,10H2,1-3H3,(H,25,29,30);3-6,9-13,18-19H,7-8,23H2,1-2H3,(H,24,27,28). The summed E-state index contributed by atoms with van der Waals surface area (Å²) in [6, 6.07) is 25.7. The van der Waals surface area contributed by atoms with E-state index < -0.39 is 10.0 Å². The molecule has 15 rings (SSSR count). The Morgan fingerprint density at radius 3 is 1.07 bits per heavy atom. The number of rotatable bonds is 20. The number of benzene rings is 3. The van der Waals surface area contributed by atoms with Crippen molar-refractivity contribution in [1.29, 1.82) is 0 Å². The fraction of sp³-hybridized carbons (Fsp3) is 0.329. The van der Waals surface area contributed by atoms with Crippen molar-refractivity contribution in [1.82, 2.24) is 98.6 Å². The van der Waals surface area contributed by atoms with Crippen LogP contribution in [0.3, 0.4) is 0 Å². The maximum absolute atomic E-state index is 11.4. The highest BCUT2D eigenvalue weighted by Crippen LogP contribution is 2.38. The smallest absolute Gasteiger partial charge is 0.216 e. The van der Waals surface area contributed by atoms with Crippen LogP contribution >= 0.6 is 0 Å². The van der Waals surface area contributed by atoms with Crippen molar-refractivity contribution in [2.75, 3.05) is 35.3 Å². The number of sulfonamides is 1. The Kier molecular flexibility index (Phi) is 20.4. The number of aryl methyl sites for hydroxylation is 6. The lowest BCUT2D eigenvalue weighted by atomic mass is 9.80. The zero-order chi connectivity index (χ0) is 70.3. The second-order valence-corrected chi connectivity index (χ2v) is 28.5. The molecule has 3 aromatic carbocycles. The van der Waals surface area contributed by atoms with Gasteiger partial charge in [0.05, 0.1) is 43.4 Å². The van der Waals surface area contributed by atoms with Gasteiger partial charge >= 0.3 is 0 Å². The first-order valence-electron chi connectivity index (χ1n) is 33.8. The van der Waals surface area contributed by atoms with Crippen molar-refractivity contribution in [3.05, 3.63) is 166 Å². The summed E-state index contributed by atoms with van der Waals surface area (Å²) in [7, 11) is 8.24. The van der Waals surface area contributed by atoms with Gasteiger partial charge in [-0.1, -0.05) is 54.6 Å². The first-order valence-corrected chi connectivity index (χ1v) is 35.7. The molecule has 27 nitrogen and oxygen atoms in total. The van der Waals surface area contributed by atoms with Crippen LogP contribution in [0, 0.1) is 11.8 Å². The van der Waals surface area contributed by atoms with Crippen LogP contribution in [0.1, 0.15) is 58.3 Å². The van der Waals surface area contributed by atoms with Crippen molar-refractivity contribution in [2.24, 2.45) is 59.9 Å². The Morgan fingerprint density at radius 2 is 0.752 bits per heavy atom. The normalized spacial score (nSPS) is 17.9. The summed E-state index contributed by atoms with van der Waals surface area (Å²) < 4.78 is 36.1. The molecule has 28 heteroatoms. The molecule has 9 heterocycles. The molecule has 0 radical (unpaired) electrons. The Hall–Kier alpha value is -11.1. The van der Waals surface area contributed by atoms with E-state index in [4.69, 9.17) is 25.7 Å². The van der Waals surface area contributed by atoms with Crippen LogP contribution in [-0.4, -0.2) is 146 Å². The van der Waals surface area contributed by atoms with Gasteiger partial charge in [-0.25, -0.2) is 43.0 Å². The fourth-order valence-corrected chi connectivity index (χ4v) is 13.4. The van der Waals surface area contributed by atoms with E-state index in [9.17, 15) is 13.2 Å². The van der Waals surface area contributed by atoms with Gasteiger partial charge in [-0.3, -0.25) is 32.9 Å². The van der Waals surface area contributed by atoms with Crippen LogP contribution in [0.5, 0.6) is 0 Å². The maximum atomic E-state index is 11.4. The predicted octanol–water partition coefficient (Wildman–Crippen LogP) is 9.58. The summed E-state index contributed by atoms with van der Waals surface area (Å²) in [6.07, 6.45) is 37.5. The lowest BCUT2D eigenvalue weighted by Gasteiger charge is -2.36. The number of aromatic nitrogens is 18. The Labute approximate surface area is 586 Å². The minimum Gasteiger partial charge on any atom is -0.367 e. The largest absolute Gasteiger partial charge is 0.367 e. The fourth-order valence-electron chi connectivity index (χ4n) is 12.9. The Balaban J connectivity index is 0.000000136. The van der Waals surface area contributed by atoms with Crippen LogP contribution in [0.25, 0.3) is 101 Å². The minimum atomic E-state index is -3.18. The van der Waals surface area contributed by atoms with E-state index in [0.717, 1.165) is 159 Å². The number of hydrogen-bond acceptors (Lipinski definition) is 19. The van der Waals surface area contributed by atoms with Crippen LogP contribution in [0.15, 0.2) is 166 Å². The molecule has 0 bridgehead atoms. The number of anilines is 3. The third kappa shape index (κ3) is 17.3. The molecular weight excluding hydrogens is 1290 g/mol. The number of nitrogens with zero attached hydrogens (tertiary/aromatic N) is 18. The summed E-state index contributed by atoms with van der Waals surface area (Å²) >= 11 is 0. The number of carbonyl (C=O) groups excluding carboxylic acids is 1. The Bertz CT molecular complexity index is 4970.